The maximum atomic E-state index is 13.3. The highest BCUT2D eigenvalue weighted by molar-refractivity contribution is 5.77. The quantitative estimate of drug-likeness (QED) is 0.235. The van der Waals surface area contributed by atoms with Crippen LogP contribution in [0.15, 0.2) is 24.3 Å². The molecule has 222 valence electrons. The Hall–Kier alpha value is -2.48. The SMILES string of the molecule is CCCCN(C(=O)CCc1ccc([N+](=O)[O-])cc1)C1CCN(CC2CCC(N(C(C)=O)C3CCCCC3)C2)CC1. The van der Waals surface area contributed by atoms with Gasteiger partial charge in [0, 0.05) is 69.8 Å². The van der Waals surface area contributed by atoms with E-state index in [4.69, 9.17) is 0 Å². The number of carbonyl (C=O) groups is 2. The number of nitrogens with zero attached hydrogens (tertiary/aromatic N) is 4. The number of nitro groups is 1. The molecule has 4 rings (SSSR count). The number of piperidine rings is 1. The maximum absolute atomic E-state index is 13.3. The normalized spacial score (nSPS) is 22.8. The van der Waals surface area contributed by atoms with E-state index in [-0.39, 0.29) is 17.5 Å². The number of non-ortho nitro benzene ring substituents is 1. The van der Waals surface area contributed by atoms with Crippen molar-refractivity contribution in [3.8, 4) is 0 Å². The van der Waals surface area contributed by atoms with E-state index in [2.05, 4.69) is 21.6 Å². The van der Waals surface area contributed by atoms with Crippen molar-refractivity contribution in [3.63, 3.8) is 0 Å². The van der Waals surface area contributed by atoms with E-state index in [0.29, 0.717) is 36.9 Å². The summed E-state index contributed by atoms with van der Waals surface area (Å²) in [6.07, 6.45) is 14.8. The Kier molecular flexibility index (Phi) is 11.4. The molecule has 3 aliphatic rings. The number of nitro benzene ring substituents is 1. The topological polar surface area (TPSA) is 87.0 Å². The van der Waals surface area contributed by atoms with Crippen molar-refractivity contribution in [1.29, 1.82) is 0 Å². The number of carbonyl (C=O) groups excluding carboxylic acids is 2. The lowest BCUT2D eigenvalue weighted by Crippen LogP contribution is -2.48. The predicted octanol–water partition coefficient (Wildman–Crippen LogP) is 5.97. The second-order valence-electron chi connectivity index (χ2n) is 12.4. The fraction of sp³-hybridized carbons (Fsp3) is 0.750. The molecule has 8 nitrogen and oxygen atoms in total. The van der Waals surface area contributed by atoms with Crippen molar-refractivity contribution >= 4 is 17.5 Å². The van der Waals surface area contributed by atoms with Gasteiger partial charge in [-0.15, -0.1) is 0 Å². The number of benzene rings is 1. The number of aryl methyl sites for hydroxylation is 1. The smallest absolute Gasteiger partial charge is 0.269 e. The molecule has 2 saturated carbocycles. The molecule has 2 atom stereocenters. The first-order valence-corrected chi connectivity index (χ1v) is 15.9. The second-order valence-corrected chi connectivity index (χ2v) is 12.4. The number of likely N-dealkylation sites (tertiary alicyclic amines) is 1. The molecule has 2 amide bonds. The summed E-state index contributed by atoms with van der Waals surface area (Å²) >= 11 is 0. The summed E-state index contributed by atoms with van der Waals surface area (Å²) in [6, 6.07) is 7.73. The van der Waals surface area contributed by atoms with Crippen molar-refractivity contribution in [2.75, 3.05) is 26.2 Å². The first-order valence-electron chi connectivity index (χ1n) is 15.9. The van der Waals surface area contributed by atoms with Crippen molar-refractivity contribution in [2.24, 2.45) is 5.92 Å². The standard InChI is InChI=1S/C32H50N4O4/c1-3-4-20-34(32(38)17-13-26-10-14-30(15-11-26)36(39)40)28-18-21-33(22-19-28)24-27-12-16-31(23-27)35(25(2)37)29-8-6-5-7-9-29/h10-11,14-15,27-29,31H,3-9,12-13,16-24H2,1-2H3. The van der Waals surface area contributed by atoms with Crippen LogP contribution in [0.25, 0.3) is 0 Å². The van der Waals surface area contributed by atoms with Crippen molar-refractivity contribution in [2.45, 2.75) is 122 Å². The Morgan fingerprint density at radius 3 is 2.27 bits per heavy atom. The van der Waals surface area contributed by atoms with Crippen molar-refractivity contribution in [3.05, 3.63) is 39.9 Å². The van der Waals surface area contributed by atoms with Crippen LogP contribution >= 0.6 is 0 Å². The lowest BCUT2D eigenvalue weighted by Gasteiger charge is -2.40. The monoisotopic (exact) mass is 554 g/mol. The van der Waals surface area contributed by atoms with Gasteiger partial charge in [-0.3, -0.25) is 19.7 Å². The molecule has 0 N–H and O–H groups in total. The zero-order chi connectivity index (χ0) is 28.5. The summed E-state index contributed by atoms with van der Waals surface area (Å²) in [5, 5.41) is 10.9. The van der Waals surface area contributed by atoms with Gasteiger partial charge in [0.05, 0.1) is 4.92 Å². The van der Waals surface area contributed by atoms with Gasteiger partial charge in [-0.25, -0.2) is 0 Å². The minimum atomic E-state index is -0.392. The Balaban J connectivity index is 1.24. The molecule has 3 fully saturated rings. The van der Waals surface area contributed by atoms with Gasteiger partial charge >= 0.3 is 0 Å². The minimum absolute atomic E-state index is 0.0833. The molecule has 1 aromatic rings. The van der Waals surface area contributed by atoms with Gasteiger partial charge < -0.3 is 14.7 Å². The summed E-state index contributed by atoms with van der Waals surface area (Å²) in [7, 11) is 0. The molecule has 1 aromatic carbocycles. The zero-order valence-corrected chi connectivity index (χ0v) is 24.8. The molecule has 2 aliphatic carbocycles. The Morgan fingerprint density at radius 2 is 1.65 bits per heavy atom. The lowest BCUT2D eigenvalue weighted by molar-refractivity contribution is -0.384. The summed E-state index contributed by atoms with van der Waals surface area (Å²) in [6.45, 7) is 7.92. The molecule has 2 unspecified atom stereocenters. The molecule has 0 aromatic heterocycles. The third kappa shape index (κ3) is 8.27. The molecular weight excluding hydrogens is 504 g/mol. The van der Waals surface area contributed by atoms with Gasteiger partial charge in [0.25, 0.3) is 5.69 Å². The van der Waals surface area contributed by atoms with E-state index in [1.165, 1.54) is 50.7 Å². The Bertz CT molecular complexity index is 970. The van der Waals surface area contributed by atoms with E-state index in [9.17, 15) is 19.7 Å². The molecule has 1 saturated heterocycles. The van der Waals surface area contributed by atoms with E-state index in [1.807, 2.05) is 0 Å². The largest absolute Gasteiger partial charge is 0.340 e. The van der Waals surface area contributed by atoms with Crippen LogP contribution in [0.5, 0.6) is 0 Å². The minimum Gasteiger partial charge on any atom is -0.340 e. The fourth-order valence-electron chi connectivity index (χ4n) is 7.44. The number of unbranched alkanes of at least 4 members (excludes halogenated alkanes) is 1. The van der Waals surface area contributed by atoms with Crippen LogP contribution in [-0.2, 0) is 16.0 Å². The molecule has 0 bridgehead atoms. The molecule has 8 heteroatoms. The molecule has 1 aliphatic heterocycles. The highest BCUT2D eigenvalue weighted by Crippen LogP contribution is 2.35. The zero-order valence-electron chi connectivity index (χ0n) is 24.8. The molecule has 40 heavy (non-hydrogen) atoms. The second kappa shape index (κ2) is 14.9. The van der Waals surface area contributed by atoms with Gasteiger partial charge in [0.15, 0.2) is 0 Å². The van der Waals surface area contributed by atoms with Crippen molar-refractivity contribution in [1.82, 2.24) is 14.7 Å². The van der Waals surface area contributed by atoms with Gasteiger partial charge in [0.1, 0.15) is 0 Å². The van der Waals surface area contributed by atoms with Gasteiger partial charge in [0.2, 0.25) is 11.8 Å². The number of hydrogen-bond acceptors (Lipinski definition) is 5. The molecular formula is C32H50N4O4. The van der Waals surface area contributed by atoms with Crippen LogP contribution in [0.1, 0.15) is 103 Å². The molecule has 1 heterocycles. The Labute approximate surface area is 240 Å². The Morgan fingerprint density at radius 1 is 0.950 bits per heavy atom. The van der Waals surface area contributed by atoms with E-state index in [0.717, 1.165) is 70.3 Å². The average Bonchev–Trinajstić information content (AvgIpc) is 3.41. The summed E-state index contributed by atoms with van der Waals surface area (Å²) < 4.78 is 0. The first kappa shape index (κ1) is 30.5. The number of amides is 2. The van der Waals surface area contributed by atoms with Crippen LogP contribution in [-0.4, -0.2) is 75.7 Å². The lowest BCUT2D eigenvalue weighted by atomic mass is 9.92. The highest BCUT2D eigenvalue weighted by atomic mass is 16.6. The van der Waals surface area contributed by atoms with E-state index in [1.54, 1.807) is 19.1 Å². The molecule has 0 radical (unpaired) electrons. The highest BCUT2D eigenvalue weighted by Gasteiger charge is 2.36. The maximum Gasteiger partial charge on any atom is 0.269 e. The van der Waals surface area contributed by atoms with Crippen molar-refractivity contribution < 1.29 is 14.5 Å². The number of rotatable bonds is 12. The first-order chi connectivity index (χ1) is 19.4. The average molecular weight is 555 g/mol. The third-order valence-electron chi connectivity index (χ3n) is 9.60. The fourth-order valence-corrected chi connectivity index (χ4v) is 7.44. The van der Waals surface area contributed by atoms with E-state index < -0.39 is 4.92 Å². The van der Waals surface area contributed by atoms with Gasteiger partial charge in [-0.2, -0.15) is 0 Å². The van der Waals surface area contributed by atoms with Crippen LogP contribution in [0.4, 0.5) is 5.69 Å². The summed E-state index contributed by atoms with van der Waals surface area (Å²) in [5.74, 6) is 1.13. The van der Waals surface area contributed by atoms with Crippen LogP contribution in [0, 0.1) is 16.0 Å². The predicted molar refractivity (Wildman–Crippen MR) is 158 cm³/mol. The summed E-state index contributed by atoms with van der Waals surface area (Å²) in [5.41, 5.74) is 1.05. The third-order valence-corrected chi connectivity index (χ3v) is 9.60. The van der Waals surface area contributed by atoms with Crippen LogP contribution in [0.2, 0.25) is 0 Å². The molecule has 0 spiro atoms. The van der Waals surface area contributed by atoms with Gasteiger partial charge in [-0.05, 0) is 69.3 Å². The summed E-state index contributed by atoms with van der Waals surface area (Å²) in [4.78, 5) is 43.4. The van der Waals surface area contributed by atoms with E-state index >= 15 is 0 Å². The van der Waals surface area contributed by atoms with Crippen LogP contribution < -0.4 is 0 Å². The van der Waals surface area contributed by atoms with Crippen LogP contribution in [0.3, 0.4) is 0 Å². The number of hydrogen-bond donors (Lipinski definition) is 0. The van der Waals surface area contributed by atoms with Gasteiger partial charge in [-0.1, -0.05) is 44.7 Å².